The molecule has 0 bridgehead atoms. The normalized spacial score (nSPS) is 18.0. The number of aromatic nitrogens is 1. The number of methoxy groups -OCH3 is 1. The fraction of sp³-hybridized carbons (Fsp3) is 0.538. The van der Waals surface area contributed by atoms with Gasteiger partial charge in [-0.3, -0.25) is 4.79 Å². The highest BCUT2D eigenvalue weighted by Gasteiger charge is 2.40. The molecule has 6 heteroatoms. The van der Waals surface area contributed by atoms with Crippen molar-refractivity contribution in [3.05, 3.63) is 23.4 Å². The first-order valence-electron chi connectivity index (χ1n) is 6.29. The minimum Gasteiger partial charge on any atom is -0.384 e. The van der Waals surface area contributed by atoms with E-state index >= 15 is 0 Å². The lowest BCUT2D eigenvalue weighted by molar-refractivity contribution is -0.130. The molecular formula is C13H18ClN3O2. The molecule has 2 N–H and O–H groups in total. The lowest BCUT2D eigenvalue weighted by Crippen LogP contribution is -2.47. The number of carbonyl (C=O) groups is 1. The summed E-state index contributed by atoms with van der Waals surface area (Å²) in [6.45, 7) is 2.03. The summed E-state index contributed by atoms with van der Waals surface area (Å²) in [5.74, 6) is 0.333. The van der Waals surface area contributed by atoms with E-state index in [0.717, 1.165) is 25.9 Å². The number of hydrogen-bond acceptors (Lipinski definition) is 4. The van der Waals surface area contributed by atoms with E-state index in [-0.39, 0.29) is 5.91 Å². The van der Waals surface area contributed by atoms with Crippen molar-refractivity contribution >= 4 is 23.3 Å². The Morgan fingerprint density at radius 1 is 1.58 bits per heavy atom. The van der Waals surface area contributed by atoms with Crippen LogP contribution in [0, 0.1) is 5.41 Å². The Kier molecular flexibility index (Phi) is 4.74. The summed E-state index contributed by atoms with van der Waals surface area (Å²) < 4.78 is 5.23. The molecule has 0 aliphatic carbocycles. The van der Waals surface area contributed by atoms with Gasteiger partial charge in [0.15, 0.2) is 5.82 Å². The molecule has 0 spiro atoms. The number of carbonyl (C=O) groups excluding carboxylic acids is 1. The molecule has 5 nitrogen and oxygen atoms in total. The minimum atomic E-state index is -0.499. The van der Waals surface area contributed by atoms with Crippen LogP contribution >= 0.6 is 11.6 Å². The average Bonchev–Trinajstić information content (AvgIpc) is 2.42. The van der Waals surface area contributed by atoms with E-state index in [2.05, 4.69) is 15.6 Å². The van der Waals surface area contributed by atoms with Crippen LogP contribution in [0.1, 0.15) is 12.8 Å². The van der Waals surface area contributed by atoms with E-state index in [1.54, 1.807) is 25.4 Å². The first-order chi connectivity index (χ1) is 9.18. The maximum atomic E-state index is 12.5. The van der Waals surface area contributed by atoms with Crippen LogP contribution in [0.2, 0.25) is 5.02 Å². The maximum absolute atomic E-state index is 12.5. The van der Waals surface area contributed by atoms with Crippen molar-refractivity contribution in [2.75, 3.05) is 32.1 Å². The standard InChI is InChI=1S/C13H18ClN3O2/c1-19-9-13(4-7-15-8-5-13)12(18)17-11-10(14)3-2-6-16-11/h2-3,6,15H,4-5,7-9H2,1H3,(H,16,17,18). The summed E-state index contributed by atoms with van der Waals surface area (Å²) in [5.41, 5.74) is -0.499. The van der Waals surface area contributed by atoms with Crippen LogP contribution < -0.4 is 10.6 Å². The zero-order valence-electron chi connectivity index (χ0n) is 10.9. The van der Waals surface area contributed by atoms with Crippen LogP contribution in [0.4, 0.5) is 5.82 Å². The highest BCUT2D eigenvalue weighted by molar-refractivity contribution is 6.33. The summed E-state index contributed by atoms with van der Waals surface area (Å²) in [7, 11) is 1.62. The van der Waals surface area contributed by atoms with Crippen molar-refractivity contribution in [2.45, 2.75) is 12.8 Å². The van der Waals surface area contributed by atoms with Gasteiger partial charge in [-0.25, -0.2) is 4.98 Å². The Morgan fingerprint density at radius 3 is 2.95 bits per heavy atom. The molecule has 2 heterocycles. The molecule has 0 radical (unpaired) electrons. The Bertz CT molecular complexity index is 442. The smallest absolute Gasteiger partial charge is 0.234 e. The van der Waals surface area contributed by atoms with Gasteiger partial charge in [-0.15, -0.1) is 0 Å². The lowest BCUT2D eigenvalue weighted by atomic mass is 9.78. The van der Waals surface area contributed by atoms with Crippen LogP contribution in [-0.2, 0) is 9.53 Å². The van der Waals surface area contributed by atoms with Gasteiger partial charge < -0.3 is 15.4 Å². The number of halogens is 1. The van der Waals surface area contributed by atoms with Crippen molar-refractivity contribution < 1.29 is 9.53 Å². The van der Waals surface area contributed by atoms with Crippen LogP contribution in [0.25, 0.3) is 0 Å². The second-order valence-electron chi connectivity index (χ2n) is 4.75. The molecule has 0 saturated carbocycles. The summed E-state index contributed by atoms with van der Waals surface area (Å²) in [5, 5.41) is 6.51. The van der Waals surface area contributed by atoms with E-state index in [1.165, 1.54) is 0 Å². The molecule has 104 valence electrons. The van der Waals surface area contributed by atoms with Crippen molar-refractivity contribution in [3.63, 3.8) is 0 Å². The minimum absolute atomic E-state index is 0.0727. The van der Waals surface area contributed by atoms with Crippen molar-refractivity contribution in [1.82, 2.24) is 10.3 Å². The summed E-state index contributed by atoms with van der Waals surface area (Å²) in [6.07, 6.45) is 3.10. The number of nitrogens with zero attached hydrogens (tertiary/aromatic N) is 1. The molecule has 1 aromatic heterocycles. The monoisotopic (exact) mass is 283 g/mol. The third-order valence-electron chi connectivity index (χ3n) is 3.45. The second-order valence-corrected chi connectivity index (χ2v) is 5.16. The highest BCUT2D eigenvalue weighted by atomic mass is 35.5. The molecule has 0 atom stereocenters. The Balaban J connectivity index is 2.14. The third-order valence-corrected chi connectivity index (χ3v) is 3.76. The van der Waals surface area contributed by atoms with E-state index in [4.69, 9.17) is 16.3 Å². The zero-order chi connectivity index (χ0) is 13.7. The van der Waals surface area contributed by atoms with Gasteiger partial charge >= 0.3 is 0 Å². The molecule has 1 amide bonds. The lowest BCUT2D eigenvalue weighted by Gasteiger charge is -2.35. The fourth-order valence-corrected chi connectivity index (χ4v) is 2.51. The Labute approximate surface area is 117 Å². The zero-order valence-corrected chi connectivity index (χ0v) is 11.7. The van der Waals surface area contributed by atoms with Gasteiger partial charge in [0.05, 0.1) is 17.0 Å². The molecule has 2 rings (SSSR count). The summed E-state index contributed by atoms with van der Waals surface area (Å²) in [4.78, 5) is 16.6. The molecule has 19 heavy (non-hydrogen) atoms. The summed E-state index contributed by atoms with van der Waals surface area (Å²) in [6, 6.07) is 3.43. The number of piperidine rings is 1. The number of ether oxygens (including phenoxy) is 1. The van der Waals surface area contributed by atoms with Crippen molar-refractivity contribution in [2.24, 2.45) is 5.41 Å². The van der Waals surface area contributed by atoms with Crippen LogP contribution in [-0.4, -0.2) is 37.7 Å². The Hall–Kier alpha value is -1.17. The van der Waals surface area contributed by atoms with Gasteiger partial charge in [-0.2, -0.15) is 0 Å². The second kappa shape index (κ2) is 6.32. The topological polar surface area (TPSA) is 63.2 Å². The van der Waals surface area contributed by atoms with Gasteiger partial charge in [-0.05, 0) is 38.1 Å². The number of amides is 1. The number of anilines is 1. The summed E-state index contributed by atoms with van der Waals surface area (Å²) >= 11 is 6.01. The predicted molar refractivity (Wildman–Crippen MR) is 74.3 cm³/mol. The molecule has 1 aliphatic rings. The number of nitrogens with one attached hydrogen (secondary N) is 2. The van der Waals surface area contributed by atoms with E-state index in [1.807, 2.05) is 0 Å². The fourth-order valence-electron chi connectivity index (χ4n) is 2.34. The van der Waals surface area contributed by atoms with Gasteiger partial charge in [0.2, 0.25) is 5.91 Å². The van der Waals surface area contributed by atoms with Crippen molar-refractivity contribution in [1.29, 1.82) is 0 Å². The first-order valence-corrected chi connectivity index (χ1v) is 6.67. The molecule has 1 saturated heterocycles. The van der Waals surface area contributed by atoms with E-state index < -0.39 is 5.41 Å². The largest absolute Gasteiger partial charge is 0.384 e. The predicted octanol–water partition coefficient (Wildman–Crippen LogP) is 1.69. The van der Waals surface area contributed by atoms with E-state index in [9.17, 15) is 4.79 Å². The van der Waals surface area contributed by atoms with E-state index in [0.29, 0.717) is 17.4 Å². The van der Waals surface area contributed by atoms with Crippen LogP contribution in [0.5, 0.6) is 0 Å². The molecule has 1 aliphatic heterocycles. The maximum Gasteiger partial charge on any atom is 0.234 e. The number of hydrogen-bond donors (Lipinski definition) is 2. The van der Waals surface area contributed by atoms with Gasteiger partial charge in [0.1, 0.15) is 0 Å². The van der Waals surface area contributed by atoms with Gasteiger partial charge in [0.25, 0.3) is 0 Å². The average molecular weight is 284 g/mol. The molecule has 0 aromatic carbocycles. The quantitative estimate of drug-likeness (QED) is 0.883. The molecule has 1 fully saturated rings. The molecular weight excluding hydrogens is 266 g/mol. The van der Waals surface area contributed by atoms with Crippen molar-refractivity contribution in [3.8, 4) is 0 Å². The number of pyridine rings is 1. The third kappa shape index (κ3) is 3.23. The van der Waals surface area contributed by atoms with Crippen LogP contribution in [0.3, 0.4) is 0 Å². The van der Waals surface area contributed by atoms with Gasteiger partial charge in [-0.1, -0.05) is 11.6 Å². The number of rotatable bonds is 4. The Morgan fingerprint density at radius 2 is 2.32 bits per heavy atom. The SMILES string of the molecule is COCC1(C(=O)Nc2ncccc2Cl)CCNCC1. The highest BCUT2D eigenvalue weighted by Crippen LogP contribution is 2.31. The molecule has 1 aromatic rings. The van der Waals surface area contributed by atoms with Gasteiger partial charge in [0, 0.05) is 13.3 Å². The van der Waals surface area contributed by atoms with Crippen LogP contribution in [0.15, 0.2) is 18.3 Å². The molecule has 0 unspecified atom stereocenters. The first kappa shape index (κ1) is 14.2.